The molecule has 1 nitrogen and oxygen atoms in total. The standard InChI is InChI=1S/C9H4OSe2/c10-7-5-1-3-11-8(5)9-6(7)2-4-12-9/h1-4H. The molecule has 2 aromatic rings. The molecule has 3 rings (SSSR count). The van der Waals surface area contributed by atoms with Gasteiger partial charge in [0.2, 0.25) is 0 Å². The number of hydrogen-bond acceptors (Lipinski definition) is 1. The van der Waals surface area contributed by atoms with Crippen molar-refractivity contribution in [2.24, 2.45) is 0 Å². The van der Waals surface area contributed by atoms with Crippen LogP contribution in [0.25, 0.3) is 8.87 Å². The molecular weight excluding hydrogens is 282 g/mol. The zero-order chi connectivity index (χ0) is 8.13. The molecule has 2 heterocycles. The molecule has 0 bridgehead atoms. The van der Waals surface area contributed by atoms with E-state index in [0.29, 0.717) is 29.0 Å². The first-order valence-electron chi connectivity index (χ1n) is 3.58. The summed E-state index contributed by atoms with van der Waals surface area (Å²) in [5, 5.41) is 0. The van der Waals surface area contributed by atoms with Crippen LogP contribution in [0.3, 0.4) is 0 Å². The molecule has 0 aliphatic heterocycles. The second-order valence-corrected chi connectivity index (χ2v) is 6.50. The summed E-state index contributed by atoms with van der Waals surface area (Å²) in [7, 11) is 0. The van der Waals surface area contributed by atoms with E-state index in [1.54, 1.807) is 0 Å². The predicted octanol–water partition coefficient (Wildman–Crippen LogP) is 1.01. The number of hydrogen-bond donors (Lipinski definition) is 0. The minimum atomic E-state index is 0.270. The zero-order valence-corrected chi connectivity index (χ0v) is 9.46. The topological polar surface area (TPSA) is 17.1 Å². The van der Waals surface area contributed by atoms with Gasteiger partial charge in [0.15, 0.2) is 0 Å². The van der Waals surface area contributed by atoms with Crippen LogP contribution < -0.4 is 0 Å². The third-order valence-electron chi connectivity index (χ3n) is 2.03. The molecule has 0 aromatic carbocycles. The molecule has 0 saturated heterocycles. The Kier molecular flexibility index (Phi) is 1.38. The van der Waals surface area contributed by atoms with Crippen LogP contribution in [0.2, 0.25) is 0 Å². The Morgan fingerprint density at radius 1 is 0.917 bits per heavy atom. The Hall–Kier alpha value is -0.331. The van der Waals surface area contributed by atoms with Crippen LogP contribution >= 0.6 is 0 Å². The van der Waals surface area contributed by atoms with Gasteiger partial charge >= 0.3 is 81.6 Å². The van der Waals surface area contributed by atoms with E-state index in [1.807, 2.05) is 12.1 Å². The SMILES string of the molecule is O=C1c2cc[se]c2-c2[se]ccc21. The van der Waals surface area contributed by atoms with Crippen molar-refractivity contribution < 1.29 is 4.79 Å². The molecule has 1 aliphatic rings. The van der Waals surface area contributed by atoms with Crippen LogP contribution in [0.5, 0.6) is 0 Å². The Balaban J connectivity index is 2.47. The van der Waals surface area contributed by atoms with Crippen molar-refractivity contribution in [3.05, 3.63) is 33.1 Å². The number of fused-ring (bicyclic) bond motifs is 3. The molecule has 0 fully saturated rings. The van der Waals surface area contributed by atoms with Gasteiger partial charge in [-0.2, -0.15) is 0 Å². The van der Waals surface area contributed by atoms with Crippen LogP contribution in [0, 0.1) is 0 Å². The van der Waals surface area contributed by atoms with Crippen LogP contribution in [-0.4, -0.2) is 34.8 Å². The number of carbonyl (C=O) groups is 1. The molecule has 2 aromatic heterocycles. The van der Waals surface area contributed by atoms with Crippen LogP contribution in [-0.2, 0) is 0 Å². The molecule has 0 atom stereocenters. The maximum atomic E-state index is 11.7. The Bertz CT molecular complexity index is 422. The average molecular weight is 286 g/mol. The van der Waals surface area contributed by atoms with Gasteiger partial charge in [0.25, 0.3) is 0 Å². The summed E-state index contributed by atoms with van der Waals surface area (Å²) in [6.45, 7) is 0. The van der Waals surface area contributed by atoms with E-state index in [9.17, 15) is 4.79 Å². The van der Waals surface area contributed by atoms with E-state index >= 15 is 0 Å². The minimum absolute atomic E-state index is 0.270. The summed E-state index contributed by atoms with van der Waals surface area (Å²) in [5.41, 5.74) is 1.98. The Morgan fingerprint density at radius 2 is 1.42 bits per heavy atom. The summed E-state index contributed by atoms with van der Waals surface area (Å²) in [4.78, 5) is 16.0. The first kappa shape index (κ1) is 7.11. The molecule has 3 heteroatoms. The third kappa shape index (κ3) is 0.725. The molecule has 0 unspecified atom stereocenters. The van der Waals surface area contributed by atoms with Gasteiger partial charge in [-0.05, 0) is 0 Å². The fraction of sp³-hybridized carbons (Fsp3) is 0. The quantitative estimate of drug-likeness (QED) is 0.564. The van der Waals surface area contributed by atoms with Crippen LogP contribution in [0.1, 0.15) is 15.9 Å². The predicted molar refractivity (Wildman–Crippen MR) is 49.2 cm³/mol. The fourth-order valence-electron chi connectivity index (χ4n) is 1.47. The van der Waals surface area contributed by atoms with E-state index in [-0.39, 0.29) is 5.78 Å². The Labute approximate surface area is 81.5 Å². The average Bonchev–Trinajstić information content (AvgIpc) is 2.72. The molecule has 1 aliphatic carbocycles. The number of rotatable bonds is 0. The van der Waals surface area contributed by atoms with E-state index < -0.39 is 0 Å². The second-order valence-electron chi connectivity index (χ2n) is 2.66. The molecule has 0 amide bonds. The van der Waals surface area contributed by atoms with Gasteiger partial charge in [-0.3, -0.25) is 0 Å². The van der Waals surface area contributed by atoms with Gasteiger partial charge < -0.3 is 0 Å². The molecule has 0 spiro atoms. The van der Waals surface area contributed by atoms with Crippen LogP contribution in [0.4, 0.5) is 0 Å². The van der Waals surface area contributed by atoms with Crippen molar-refractivity contribution >= 4 is 34.8 Å². The van der Waals surface area contributed by atoms with Gasteiger partial charge in [0, 0.05) is 0 Å². The molecular formula is C9H4OSe2. The second kappa shape index (κ2) is 2.33. The first-order valence-corrected chi connectivity index (χ1v) is 7.27. The van der Waals surface area contributed by atoms with E-state index in [4.69, 9.17) is 0 Å². The molecule has 0 saturated carbocycles. The summed E-state index contributed by atoms with van der Waals surface area (Å²) in [5.74, 6) is 0.270. The van der Waals surface area contributed by atoms with Crippen molar-refractivity contribution in [3.63, 3.8) is 0 Å². The van der Waals surface area contributed by atoms with E-state index in [1.165, 1.54) is 8.87 Å². The van der Waals surface area contributed by atoms with Crippen molar-refractivity contribution in [3.8, 4) is 8.87 Å². The van der Waals surface area contributed by atoms with Gasteiger partial charge in [0.05, 0.1) is 0 Å². The maximum absolute atomic E-state index is 11.7. The third-order valence-corrected chi connectivity index (χ3v) is 6.59. The van der Waals surface area contributed by atoms with Crippen molar-refractivity contribution in [1.82, 2.24) is 0 Å². The van der Waals surface area contributed by atoms with Gasteiger partial charge in [-0.25, -0.2) is 0 Å². The molecule has 0 radical (unpaired) electrons. The van der Waals surface area contributed by atoms with Crippen LogP contribution in [0.15, 0.2) is 22.0 Å². The van der Waals surface area contributed by atoms with Gasteiger partial charge in [-0.1, -0.05) is 0 Å². The summed E-state index contributed by atoms with van der Waals surface area (Å²) >= 11 is 0.881. The summed E-state index contributed by atoms with van der Waals surface area (Å²) < 4.78 is 2.74. The molecule has 58 valence electrons. The van der Waals surface area contributed by atoms with Crippen molar-refractivity contribution in [1.29, 1.82) is 0 Å². The zero-order valence-electron chi connectivity index (χ0n) is 6.03. The molecule has 12 heavy (non-hydrogen) atoms. The monoisotopic (exact) mass is 288 g/mol. The van der Waals surface area contributed by atoms with Crippen molar-refractivity contribution in [2.75, 3.05) is 0 Å². The normalized spacial score (nSPS) is 13.2. The van der Waals surface area contributed by atoms with E-state index in [0.717, 1.165) is 11.1 Å². The van der Waals surface area contributed by atoms with Gasteiger partial charge in [-0.15, -0.1) is 0 Å². The fourth-order valence-corrected chi connectivity index (χ4v) is 6.07. The first-order chi connectivity index (χ1) is 5.88. The number of carbonyl (C=O) groups excluding carboxylic acids is 1. The van der Waals surface area contributed by atoms with Gasteiger partial charge in [0.1, 0.15) is 0 Å². The Morgan fingerprint density at radius 3 is 1.92 bits per heavy atom. The number of ketones is 1. The summed E-state index contributed by atoms with van der Waals surface area (Å²) in [6, 6.07) is 4.00. The summed E-state index contributed by atoms with van der Waals surface area (Å²) in [6.07, 6.45) is 0. The van der Waals surface area contributed by atoms with E-state index in [2.05, 4.69) is 9.88 Å². The van der Waals surface area contributed by atoms with Crippen molar-refractivity contribution in [2.45, 2.75) is 0 Å². The molecule has 0 N–H and O–H groups in total.